The van der Waals surface area contributed by atoms with Gasteiger partial charge in [-0.05, 0) is 124 Å². The van der Waals surface area contributed by atoms with Crippen LogP contribution in [0.5, 0.6) is 23.0 Å². The van der Waals surface area contributed by atoms with Gasteiger partial charge < -0.3 is 23.7 Å². The smallest absolute Gasteiger partial charge is 0.151 e. The van der Waals surface area contributed by atoms with Crippen LogP contribution in [0.15, 0.2) is 174 Å². The van der Waals surface area contributed by atoms with Crippen LogP contribution < -0.4 is 19.3 Å². The molecule has 0 saturated carbocycles. The topological polar surface area (TPSA) is 38.1 Å². The van der Waals surface area contributed by atoms with Crippen LogP contribution in [0.4, 0.5) is 34.1 Å². The highest BCUT2D eigenvalue weighted by atomic mass is 16.5. The Morgan fingerprint density at radius 3 is 1.36 bits per heavy atom. The molecule has 0 bridgehead atoms. The fourth-order valence-corrected chi connectivity index (χ4v) is 10.0. The molecule has 274 valence electrons. The van der Waals surface area contributed by atoms with Crippen LogP contribution in [0.25, 0.3) is 54.6 Å². The Morgan fingerprint density at radius 1 is 0.379 bits per heavy atom. The fraction of sp³-hybridized carbons (Fsp3) is 0.0566. The maximum atomic E-state index is 7.10. The summed E-state index contributed by atoms with van der Waals surface area (Å²) in [5, 5.41) is 6.95. The zero-order chi connectivity index (χ0) is 38.3. The number of rotatable bonds is 2. The number of hydrogen-bond donors (Lipinski definition) is 0. The van der Waals surface area contributed by atoms with Gasteiger partial charge in [0.1, 0.15) is 11.2 Å². The zero-order valence-corrected chi connectivity index (χ0v) is 31.8. The lowest BCUT2D eigenvalue weighted by atomic mass is 9.79. The molecular weight excluding hydrogens is 713 g/mol. The van der Waals surface area contributed by atoms with Crippen molar-refractivity contribution in [2.45, 2.75) is 19.3 Å². The van der Waals surface area contributed by atoms with Crippen molar-refractivity contribution < 1.29 is 13.9 Å². The minimum atomic E-state index is -0.308. The summed E-state index contributed by atoms with van der Waals surface area (Å²) in [6, 6.07) is 60.1. The number of benzene rings is 9. The van der Waals surface area contributed by atoms with Gasteiger partial charge in [-0.15, -0.1) is 0 Å². The van der Waals surface area contributed by atoms with Gasteiger partial charge in [-0.2, -0.15) is 0 Å². The average molecular weight is 747 g/mol. The first kappa shape index (κ1) is 31.7. The first-order chi connectivity index (χ1) is 28.5. The monoisotopic (exact) mass is 746 g/mol. The van der Waals surface area contributed by atoms with Crippen LogP contribution in [0.2, 0.25) is 0 Å². The van der Waals surface area contributed by atoms with Gasteiger partial charge >= 0.3 is 0 Å². The molecule has 0 saturated heterocycles. The van der Waals surface area contributed by atoms with E-state index in [2.05, 4.69) is 145 Å². The summed E-state index contributed by atoms with van der Waals surface area (Å²) < 4.78 is 19.7. The molecule has 5 heteroatoms. The second-order valence-corrected chi connectivity index (χ2v) is 16.1. The van der Waals surface area contributed by atoms with E-state index in [0.29, 0.717) is 0 Å². The zero-order valence-electron chi connectivity index (χ0n) is 31.8. The lowest BCUT2D eigenvalue weighted by Gasteiger charge is -2.33. The Bertz CT molecular complexity index is 3320. The summed E-state index contributed by atoms with van der Waals surface area (Å²) in [5.74, 6) is 3.38. The largest absolute Gasteiger partial charge is 0.455 e. The van der Waals surface area contributed by atoms with Gasteiger partial charge in [0.25, 0.3) is 0 Å². The molecule has 0 spiro atoms. The first-order valence-corrected chi connectivity index (χ1v) is 19.8. The van der Waals surface area contributed by atoms with E-state index < -0.39 is 0 Å². The van der Waals surface area contributed by atoms with Gasteiger partial charge in [0, 0.05) is 38.5 Å². The summed E-state index contributed by atoms with van der Waals surface area (Å²) in [6.07, 6.45) is 0. The van der Waals surface area contributed by atoms with Crippen LogP contribution in [0.1, 0.15) is 25.0 Å². The van der Waals surface area contributed by atoms with E-state index in [0.717, 1.165) is 89.8 Å². The molecule has 10 aromatic rings. The molecule has 0 atom stereocenters. The van der Waals surface area contributed by atoms with E-state index in [-0.39, 0.29) is 5.41 Å². The normalized spacial score (nSPS) is 14.4. The van der Waals surface area contributed by atoms with Crippen LogP contribution in [0, 0.1) is 0 Å². The number of nitrogens with zero attached hydrogens (tertiary/aromatic N) is 2. The molecule has 9 aromatic carbocycles. The van der Waals surface area contributed by atoms with Crippen molar-refractivity contribution in [1.29, 1.82) is 0 Å². The highest BCUT2D eigenvalue weighted by molar-refractivity contribution is 6.18. The Labute approximate surface area is 334 Å². The quantitative estimate of drug-likeness (QED) is 0.176. The Hall–Kier alpha value is -7.50. The summed E-state index contributed by atoms with van der Waals surface area (Å²) in [4.78, 5) is 4.60. The molecule has 3 aliphatic rings. The number of anilines is 6. The standard InChI is InChI=1S/C53H34N2O3/c1-53(2)49-35-25-21-33(54-41-11-3-7-15-45(41)56-46-16-8-4-12-42(46)54)29-31(35)19-23-37(49)38-27-28-40-39-24-20-32-30-34(22-26-36(32)51(39)58-52(40)50(38)53)55-43-13-5-9-17-47(43)57-48-18-10-6-14-44(48)55/h3-30H,1-2H3. The van der Waals surface area contributed by atoms with Crippen LogP contribution in [-0.2, 0) is 5.41 Å². The first-order valence-electron chi connectivity index (χ1n) is 19.8. The second-order valence-electron chi connectivity index (χ2n) is 16.1. The fourth-order valence-electron chi connectivity index (χ4n) is 10.0. The summed E-state index contributed by atoms with van der Waals surface area (Å²) in [6.45, 7) is 4.71. The van der Waals surface area contributed by atoms with Crippen LogP contribution in [0.3, 0.4) is 0 Å². The predicted octanol–water partition coefficient (Wildman–Crippen LogP) is 15.3. The number of furan rings is 1. The molecule has 2 aliphatic heterocycles. The summed E-state index contributed by atoms with van der Waals surface area (Å²) in [7, 11) is 0. The van der Waals surface area contributed by atoms with Gasteiger partial charge in [0.05, 0.1) is 22.7 Å². The molecule has 58 heavy (non-hydrogen) atoms. The maximum absolute atomic E-state index is 7.10. The van der Waals surface area contributed by atoms with E-state index in [4.69, 9.17) is 13.9 Å². The van der Waals surface area contributed by atoms with Crippen molar-refractivity contribution in [2.75, 3.05) is 9.80 Å². The molecular formula is C53H34N2O3. The number of ether oxygens (including phenoxy) is 2. The Kier molecular flexibility index (Phi) is 6.17. The molecule has 0 radical (unpaired) electrons. The van der Waals surface area contributed by atoms with Crippen molar-refractivity contribution in [3.05, 3.63) is 181 Å². The number of para-hydroxylation sites is 8. The lowest BCUT2D eigenvalue weighted by molar-refractivity contribution is 0.477. The van der Waals surface area contributed by atoms with E-state index in [9.17, 15) is 0 Å². The van der Waals surface area contributed by atoms with E-state index in [1.807, 2.05) is 48.5 Å². The van der Waals surface area contributed by atoms with E-state index in [1.54, 1.807) is 0 Å². The SMILES string of the molecule is CC1(C)c2c(ccc3cc(N4c5ccccc5Oc5ccccc54)ccc23)-c2ccc3c(oc4c5ccc(N6c7ccccc7Oc7ccccc76)cc5ccc34)c21. The van der Waals surface area contributed by atoms with Crippen molar-refractivity contribution in [2.24, 2.45) is 0 Å². The molecule has 5 nitrogen and oxygen atoms in total. The highest BCUT2D eigenvalue weighted by Gasteiger charge is 2.40. The third-order valence-electron chi connectivity index (χ3n) is 12.5. The molecule has 0 amide bonds. The summed E-state index contributed by atoms with van der Waals surface area (Å²) in [5.41, 5.74) is 12.9. The molecule has 3 heterocycles. The van der Waals surface area contributed by atoms with E-state index in [1.165, 1.54) is 33.0 Å². The third-order valence-corrected chi connectivity index (χ3v) is 12.5. The minimum absolute atomic E-state index is 0.308. The minimum Gasteiger partial charge on any atom is -0.455 e. The van der Waals surface area contributed by atoms with Gasteiger partial charge in [-0.25, -0.2) is 0 Å². The van der Waals surface area contributed by atoms with Crippen molar-refractivity contribution in [1.82, 2.24) is 0 Å². The lowest BCUT2D eigenvalue weighted by Crippen LogP contribution is -2.17. The average Bonchev–Trinajstić information content (AvgIpc) is 3.76. The van der Waals surface area contributed by atoms with Crippen molar-refractivity contribution >= 4 is 77.6 Å². The highest BCUT2D eigenvalue weighted by Crippen LogP contribution is 2.57. The Balaban J connectivity index is 0.938. The second kappa shape index (κ2) is 11.3. The molecule has 0 fully saturated rings. The molecule has 0 unspecified atom stereocenters. The van der Waals surface area contributed by atoms with Crippen LogP contribution in [-0.4, -0.2) is 0 Å². The number of hydrogen-bond acceptors (Lipinski definition) is 5. The summed E-state index contributed by atoms with van der Waals surface area (Å²) >= 11 is 0. The maximum Gasteiger partial charge on any atom is 0.151 e. The third kappa shape index (κ3) is 4.20. The van der Waals surface area contributed by atoms with Crippen LogP contribution >= 0.6 is 0 Å². The molecule has 0 N–H and O–H groups in total. The van der Waals surface area contributed by atoms with Gasteiger partial charge in [0.15, 0.2) is 23.0 Å². The number of fused-ring (bicyclic) bond motifs is 15. The van der Waals surface area contributed by atoms with Crippen molar-refractivity contribution in [3.63, 3.8) is 0 Å². The van der Waals surface area contributed by atoms with Gasteiger partial charge in [-0.3, -0.25) is 0 Å². The van der Waals surface area contributed by atoms with Gasteiger partial charge in [-0.1, -0.05) is 92.7 Å². The molecule has 13 rings (SSSR count). The molecule has 1 aliphatic carbocycles. The van der Waals surface area contributed by atoms with E-state index >= 15 is 0 Å². The Morgan fingerprint density at radius 2 is 0.793 bits per heavy atom. The predicted molar refractivity (Wildman–Crippen MR) is 236 cm³/mol. The molecule has 1 aromatic heterocycles. The van der Waals surface area contributed by atoms with Crippen molar-refractivity contribution in [3.8, 4) is 34.1 Å². The van der Waals surface area contributed by atoms with Gasteiger partial charge in [0.2, 0.25) is 0 Å².